The number of hydrogen-bond acceptors (Lipinski definition) is 3. The lowest BCUT2D eigenvalue weighted by Gasteiger charge is -2.03. The number of hydrogen-bond donors (Lipinski definition) is 0. The predicted octanol–water partition coefficient (Wildman–Crippen LogP) is 2.13. The summed E-state index contributed by atoms with van der Waals surface area (Å²) in [5.41, 5.74) is 1.47. The lowest BCUT2D eigenvalue weighted by molar-refractivity contribution is 0.0983. The van der Waals surface area contributed by atoms with E-state index in [1.54, 1.807) is 18.3 Å². The summed E-state index contributed by atoms with van der Waals surface area (Å²) in [5, 5.41) is 8.37. The smallest absolute Gasteiger partial charge is 0.165 e. The van der Waals surface area contributed by atoms with E-state index in [4.69, 9.17) is 5.26 Å². The van der Waals surface area contributed by atoms with Crippen molar-refractivity contribution in [1.29, 1.82) is 5.26 Å². The summed E-state index contributed by atoms with van der Waals surface area (Å²) in [6, 6.07) is 5.48. The van der Waals surface area contributed by atoms with Gasteiger partial charge in [-0.2, -0.15) is 5.26 Å². The number of rotatable bonds is 4. The van der Waals surface area contributed by atoms with Crippen molar-refractivity contribution in [3.05, 3.63) is 29.6 Å². The molecule has 1 heterocycles. The van der Waals surface area contributed by atoms with Crippen molar-refractivity contribution >= 4 is 5.78 Å². The normalized spacial score (nSPS) is 9.43. The summed E-state index contributed by atoms with van der Waals surface area (Å²) in [6.45, 7) is 1.96. The van der Waals surface area contributed by atoms with E-state index in [1.165, 1.54) is 0 Å². The first-order valence-electron chi connectivity index (χ1n) is 4.63. The molecule has 0 aromatic carbocycles. The van der Waals surface area contributed by atoms with Crippen molar-refractivity contribution in [2.75, 3.05) is 0 Å². The predicted molar refractivity (Wildman–Crippen MR) is 52.8 cm³/mol. The molecule has 0 spiro atoms. The highest BCUT2D eigenvalue weighted by Gasteiger charge is 2.09. The summed E-state index contributed by atoms with van der Waals surface area (Å²) in [5.74, 6) is 0.0106. The number of nitriles is 1. The minimum absolute atomic E-state index is 0.0106. The van der Waals surface area contributed by atoms with Crippen LogP contribution in [0.4, 0.5) is 0 Å². The van der Waals surface area contributed by atoms with E-state index in [2.05, 4.69) is 4.98 Å². The second kappa shape index (κ2) is 5.13. The van der Waals surface area contributed by atoms with Gasteiger partial charge in [-0.15, -0.1) is 0 Å². The van der Waals surface area contributed by atoms with Crippen molar-refractivity contribution in [3.8, 4) is 6.07 Å². The highest BCUT2D eigenvalue weighted by atomic mass is 16.1. The molecule has 0 saturated heterocycles. The van der Waals surface area contributed by atoms with Crippen LogP contribution in [0.2, 0.25) is 0 Å². The first-order valence-corrected chi connectivity index (χ1v) is 4.63. The Bertz CT molecular complexity index is 366. The lowest BCUT2D eigenvalue weighted by atomic mass is 10.0. The van der Waals surface area contributed by atoms with Crippen LogP contribution in [0.5, 0.6) is 0 Å². The van der Waals surface area contributed by atoms with Crippen LogP contribution in [0.1, 0.15) is 35.8 Å². The molecule has 0 saturated carbocycles. The van der Waals surface area contributed by atoms with Gasteiger partial charge in [-0.25, -0.2) is 0 Å². The molecule has 0 bridgehead atoms. The Morgan fingerprint density at radius 3 is 3.07 bits per heavy atom. The molecule has 0 unspecified atom stereocenters. The Hall–Kier alpha value is -1.69. The number of aryl methyl sites for hydroxylation is 1. The minimum atomic E-state index is 0.0106. The molecule has 0 N–H and O–H groups in total. The van der Waals surface area contributed by atoms with E-state index in [0.29, 0.717) is 5.56 Å². The Labute approximate surface area is 83.4 Å². The molecule has 0 aliphatic heterocycles. The molecular weight excluding hydrogens is 176 g/mol. The van der Waals surface area contributed by atoms with Crippen LogP contribution >= 0.6 is 0 Å². The average Bonchev–Trinajstić information content (AvgIpc) is 2.25. The number of aromatic nitrogens is 1. The molecule has 1 aromatic heterocycles. The van der Waals surface area contributed by atoms with Gasteiger partial charge < -0.3 is 0 Å². The van der Waals surface area contributed by atoms with Crippen molar-refractivity contribution in [2.24, 2.45) is 0 Å². The maximum Gasteiger partial charge on any atom is 0.165 e. The van der Waals surface area contributed by atoms with Gasteiger partial charge in [0.15, 0.2) is 5.78 Å². The van der Waals surface area contributed by atoms with Crippen LogP contribution < -0.4 is 0 Å². The Morgan fingerprint density at radius 1 is 1.64 bits per heavy atom. The molecule has 0 atom stereocenters. The van der Waals surface area contributed by atoms with Crippen LogP contribution in [-0.2, 0) is 6.42 Å². The molecule has 1 aromatic rings. The maximum atomic E-state index is 11.6. The van der Waals surface area contributed by atoms with Crippen molar-refractivity contribution < 1.29 is 4.79 Å². The zero-order valence-electron chi connectivity index (χ0n) is 8.16. The van der Waals surface area contributed by atoms with Crippen molar-refractivity contribution in [1.82, 2.24) is 4.98 Å². The Kier molecular flexibility index (Phi) is 3.81. The van der Waals surface area contributed by atoms with Crippen LogP contribution in [0.25, 0.3) is 0 Å². The third-order valence-electron chi connectivity index (χ3n) is 1.99. The average molecular weight is 188 g/mol. The number of Topliss-reactive ketones (excluding diaryl/α,β-unsaturated/α-hetero) is 1. The quantitative estimate of drug-likeness (QED) is 0.680. The van der Waals surface area contributed by atoms with Gasteiger partial charge in [0.25, 0.3) is 0 Å². The third-order valence-corrected chi connectivity index (χ3v) is 1.99. The summed E-state index contributed by atoms with van der Waals surface area (Å²) in [6.07, 6.45) is 2.99. The highest BCUT2D eigenvalue weighted by molar-refractivity contribution is 5.97. The number of carbonyl (C=O) groups is 1. The molecule has 0 radical (unpaired) electrons. The van der Waals surface area contributed by atoms with Crippen LogP contribution in [-0.4, -0.2) is 10.8 Å². The van der Waals surface area contributed by atoms with E-state index in [0.717, 1.165) is 12.1 Å². The summed E-state index contributed by atoms with van der Waals surface area (Å²) >= 11 is 0. The van der Waals surface area contributed by atoms with E-state index < -0.39 is 0 Å². The second-order valence-electron chi connectivity index (χ2n) is 2.93. The number of ketones is 1. The zero-order valence-corrected chi connectivity index (χ0v) is 8.16. The molecule has 3 heteroatoms. The van der Waals surface area contributed by atoms with E-state index in [9.17, 15) is 4.79 Å². The van der Waals surface area contributed by atoms with Gasteiger partial charge in [0.2, 0.25) is 0 Å². The van der Waals surface area contributed by atoms with Gasteiger partial charge >= 0.3 is 0 Å². The SMILES string of the molecule is CCc1ncccc1C(=O)CCC#N. The highest BCUT2D eigenvalue weighted by Crippen LogP contribution is 2.09. The fourth-order valence-corrected chi connectivity index (χ4v) is 1.28. The second-order valence-corrected chi connectivity index (χ2v) is 2.93. The number of nitrogens with zero attached hydrogens (tertiary/aromatic N) is 2. The first kappa shape index (κ1) is 10.4. The number of carbonyl (C=O) groups excluding carboxylic acids is 1. The number of pyridine rings is 1. The molecule has 3 nitrogen and oxygen atoms in total. The monoisotopic (exact) mass is 188 g/mol. The van der Waals surface area contributed by atoms with Gasteiger partial charge in [-0.1, -0.05) is 6.92 Å². The van der Waals surface area contributed by atoms with E-state index >= 15 is 0 Å². The van der Waals surface area contributed by atoms with Crippen molar-refractivity contribution in [3.63, 3.8) is 0 Å². The molecular formula is C11H12N2O. The molecule has 14 heavy (non-hydrogen) atoms. The molecule has 0 aliphatic rings. The summed E-state index contributed by atoms with van der Waals surface area (Å²) in [7, 11) is 0. The van der Waals surface area contributed by atoms with Crippen LogP contribution in [0, 0.1) is 11.3 Å². The van der Waals surface area contributed by atoms with Gasteiger partial charge in [-0.05, 0) is 18.6 Å². The molecule has 0 amide bonds. The molecule has 1 rings (SSSR count). The standard InChI is InChI=1S/C11H12N2O/c1-2-10-9(5-4-8-13-10)11(14)6-3-7-12/h4-5,8H,2-3,6H2,1H3. The largest absolute Gasteiger partial charge is 0.294 e. The summed E-state index contributed by atoms with van der Waals surface area (Å²) < 4.78 is 0. The minimum Gasteiger partial charge on any atom is -0.294 e. The Balaban J connectivity index is 2.84. The topological polar surface area (TPSA) is 53.8 Å². The lowest BCUT2D eigenvalue weighted by Crippen LogP contribution is -2.04. The van der Waals surface area contributed by atoms with Gasteiger partial charge in [0, 0.05) is 24.6 Å². The van der Waals surface area contributed by atoms with E-state index in [-0.39, 0.29) is 18.6 Å². The maximum absolute atomic E-state index is 11.6. The van der Waals surface area contributed by atoms with Crippen LogP contribution in [0.15, 0.2) is 18.3 Å². The fourth-order valence-electron chi connectivity index (χ4n) is 1.28. The van der Waals surface area contributed by atoms with Gasteiger partial charge in [0.1, 0.15) is 0 Å². The van der Waals surface area contributed by atoms with Crippen molar-refractivity contribution in [2.45, 2.75) is 26.2 Å². The van der Waals surface area contributed by atoms with E-state index in [1.807, 2.05) is 13.0 Å². The van der Waals surface area contributed by atoms with Gasteiger partial charge in [0.05, 0.1) is 11.8 Å². The first-order chi connectivity index (χ1) is 6.79. The molecule has 72 valence electrons. The zero-order chi connectivity index (χ0) is 10.4. The molecule has 0 fully saturated rings. The fraction of sp³-hybridized carbons (Fsp3) is 0.364. The van der Waals surface area contributed by atoms with Gasteiger partial charge in [-0.3, -0.25) is 9.78 Å². The van der Waals surface area contributed by atoms with Crippen LogP contribution in [0.3, 0.4) is 0 Å². The molecule has 0 aliphatic carbocycles. The Morgan fingerprint density at radius 2 is 2.43 bits per heavy atom. The summed E-state index contributed by atoms with van der Waals surface area (Å²) in [4.78, 5) is 15.7. The third kappa shape index (κ3) is 2.40.